The Labute approximate surface area is 112 Å². The number of rotatable bonds is 6. The van der Waals surface area contributed by atoms with Crippen LogP contribution in [0.4, 0.5) is 0 Å². The summed E-state index contributed by atoms with van der Waals surface area (Å²) in [7, 11) is 0. The second kappa shape index (κ2) is 6.82. The molecule has 94 valence electrons. The van der Waals surface area contributed by atoms with Gasteiger partial charge in [0.2, 0.25) is 0 Å². The van der Waals surface area contributed by atoms with Crippen LogP contribution in [0.25, 0.3) is 0 Å². The van der Waals surface area contributed by atoms with E-state index >= 15 is 0 Å². The molecule has 1 aromatic carbocycles. The summed E-state index contributed by atoms with van der Waals surface area (Å²) in [5.74, 6) is 1.30. The Hall–Kier alpha value is -0.800. The second-order valence-electron chi connectivity index (χ2n) is 4.38. The molecule has 1 rings (SSSR count). The van der Waals surface area contributed by atoms with Gasteiger partial charge in [0.1, 0.15) is 12.4 Å². The molecule has 1 atom stereocenters. The average molecular weight is 298 g/mol. The van der Waals surface area contributed by atoms with Crippen molar-refractivity contribution in [2.24, 2.45) is 5.73 Å². The molecule has 0 saturated heterocycles. The fourth-order valence-corrected chi connectivity index (χ4v) is 2.40. The lowest BCUT2D eigenvalue weighted by molar-refractivity contribution is 0.349. The molecular formula is C14H20BrNO. The zero-order valence-corrected chi connectivity index (χ0v) is 12.1. The van der Waals surface area contributed by atoms with Crippen LogP contribution in [0.3, 0.4) is 0 Å². The first-order chi connectivity index (χ1) is 8.06. The fourth-order valence-electron chi connectivity index (χ4n) is 1.63. The third-order valence-electron chi connectivity index (χ3n) is 2.60. The lowest BCUT2D eigenvalue weighted by Crippen LogP contribution is -2.06. The Kier molecular flexibility index (Phi) is 5.72. The highest BCUT2D eigenvalue weighted by molar-refractivity contribution is 9.10. The molecule has 0 aromatic heterocycles. The highest BCUT2D eigenvalue weighted by Crippen LogP contribution is 2.34. The van der Waals surface area contributed by atoms with Gasteiger partial charge < -0.3 is 10.5 Å². The van der Waals surface area contributed by atoms with E-state index in [-0.39, 0.29) is 0 Å². The molecule has 0 spiro atoms. The normalized spacial score (nSPS) is 12.2. The van der Waals surface area contributed by atoms with E-state index in [1.54, 1.807) is 0 Å². The summed E-state index contributed by atoms with van der Waals surface area (Å²) in [6, 6.07) is 6.09. The minimum Gasteiger partial charge on any atom is -0.488 e. The Bertz CT molecular complexity index is 390. The first-order valence-electron chi connectivity index (χ1n) is 5.82. The van der Waals surface area contributed by atoms with Gasteiger partial charge in [0.05, 0.1) is 4.47 Å². The molecule has 0 saturated carbocycles. The number of nitrogens with two attached hydrogens (primary N) is 1. The number of halogens is 1. The van der Waals surface area contributed by atoms with Crippen LogP contribution in [0.5, 0.6) is 5.75 Å². The molecule has 0 bridgehead atoms. The Balaban J connectivity index is 2.86. The second-order valence-corrected chi connectivity index (χ2v) is 5.18. The molecule has 2 N–H and O–H groups in total. The molecule has 1 unspecified atom stereocenters. The smallest absolute Gasteiger partial charge is 0.134 e. The molecule has 3 heteroatoms. The topological polar surface area (TPSA) is 35.2 Å². The van der Waals surface area contributed by atoms with Gasteiger partial charge in [0, 0.05) is 0 Å². The largest absolute Gasteiger partial charge is 0.488 e. The first-order valence-corrected chi connectivity index (χ1v) is 6.61. The van der Waals surface area contributed by atoms with Gasteiger partial charge in [-0.05, 0) is 58.9 Å². The summed E-state index contributed by atoms with van der Waals surface area (Å²) in [4.78, 5) is 0. The van der Waals surface area contributed by atoms with Crippen LogP contribution in [-0.4, -0.2) is 13.2 Å². The first kappa shape index (κ1) is 14.3. The van der Waals surface area contributed by atoms with Gasteiger partial charge >= 0.3 is 0 Å². The van der Waals surface area contributed by atoms with Crippen molar-refractivity contribution in [3.8, 4) is 5.75 Å². The van der Waals surface area contributed by atoms with Crippen molar-refractivity contribution in [3.63, 3.8) is 0 Å². The van der Waals surface area contributed by atoms with E-state index in [9.17, 15) is 0 Å². The predicted molar refractivity (Wildman–Crippen MR) is 76.5 cm³/mol. The van der Waals surface area contributed by atoms with Gasteiger partial charge in [-0.2, -0.15) is 0 Å². The van der Waals surface area contributed by atoms with Crippen molar-refractivity contribution in [2.45, 2.75) is 26.2 Å². The molecule has 0 aliphatic rings. The van der Waals surface area contributed by atoms with Crippen LogP contribution >= 0.6 is 15.9 Å². The Morgan fingerprint density at radius 1 is 1.53 bits per heavy atom. The van der Waals surface area contributed by atoms with Gasteiger partial charge in [0.15, 0.2) is 0 Å². The molecule has 17 heavy (non-hydrogen) atoms. The molecule has 1 aromatic rings. The summed E-state index contributed by atoms with van der Waals surface area (Å²) in [5, 5.41) is 0. The van der Waals surface area contributed by atoms with Crippen LogP contribution in [0.1, 0.15) is 31.7 Å². The van der Waals surface area contributed by atoms with Crippen LogP contribution in [-0.2, 0) is 0 Å². The van der Waals surface area contributed by atoms with Crippen LogP contribution in [0.15, 0.2) is 34.8 Å². The number of benzene rings is 1. The number of hydrogen-bond acceptors (Lipinski definition) is 2. The van der Waals surface area contributed by atoms with E-state index in [1.165, 1.54) is 5.56 Å². The fraction of sp³-hybridized carbons (Fsp3) is 0.429. The van der Waals surface area contributed by atoms with Gasteiger partial charge in [-0.15, -0.1) is 0 Å². The predicted octanol–water partition coefficient (Wildman–Crippen LogP) is 3.86. The lowest BCUT2D eigenvalue weighted by Gasteiger charge is -2.16. The summed E-state index contributed by atoms with van der Waals surface area (Å²) < 4.78 is 6.72. The third-order valence-corrected chi connectivity index (χ3v) is 3.45. The minimum atomic E-state index is 0.433. The van der Waals surface area contributed by atoms with E-state index < -0.39 is 0 Å². The van der Waals surface area contributed by atoms with Gasteiger partial charge in [-0.1, -0.05) is 25.6 Å². The summed E-state index contributed by atoms with van der Waals surface area (Å²) >= 11 is 3.61. The van der Waals surface area contributed by atoms with E-state index in [4.69, 9.17) is 10.5 Å². The SMILES string of the molecule is C=C(C)COc1cccc(C(C)CCN)c1Br. The van der Waals surface area contributed by atoms with Crippen LogP contribution < -0.4 is 10.5 Å². The zero-order valence-electron chi connectivity index (χ0n) is 10.5. The molecule has 0 aliphatic heterocycles. The molecule has 0 aliphatic carbocycles. The molecule has 2 nitrogen and oxygen atoms in total. The molecule has 0 heterocycles. The van der Waals surface area contributed by atoms with E-state index in [0.717, 1.165) is 22.2 Å². The van der Waals surface area contributed by atoms with Gasteiger partial charge in [-0.3, -0.25) is 0 Å². The van der Waals surface area contributed by atoms with Gasteiger partial charge in [0.25, 0.3) is 0 Å². The van der Waals surface area contributed by atoms with Crippen molar-refractivity contribution >= 4 is 15.9 Å². The Morgan fingerprint density at radius 3 is 2.82 bits per heavy atom. The lowest BCUT2D eigenvalue weighted by atomic mass is 9.98. The number of hydrogen-bond donors (Lipinski definition) is 1. The minimum absolute atomic E-state index is 0.433. The quantitative estimate of drug-likeness (QED) is 0.809. The standard InChI is InChI=1S/C14H20BrNO/c1-10(2)9-17-13-6-4-5-12(14(13)15)11(3)7-8-16/h4-6,11H,1,7-9,16H2,2-3H3. The third kappa shape index (κ3) is 4.17. The molecule has 0 fully saturated rings. The highest BCUT2D eigenvalue weighted by Gasteiger charge is 2.12. The summed E-state index contributed by atoms with van der Waals surface area (Å²) in [6.07, 6.45) is 0.975. The maximum absolute atomic E-state index is 5.69. The van der Waals surface area contributed by atoms with Crippen molar-refractivity contribution in [1.29, 1.82) is 0 Å². The monoisotopic (exact) mass is 297 g/mol. The summed E-state index contributed by atoms with van der Waals surface area (Å²) in [5.41, 5.74) is 7.85. The van der Waals surface area contributed by atoms with E-state index in [2.05, 4.69) is 35.5 Å². The maximum atomic E-state index is 5.69. The Morgan fingerprint density at radius 2 is 2.24 bits per heavy atom. The summed E-state index contributed by atoms with van der Waals surface area (Å²) in [6.45, 7) is 9.21. The van der Waals surface area contributed by atoms with Crippen molar-refractivity contribution in [3.05, 3.63) is 40.4 Å². The van der Waals surface area contributed by atoms with E-state index in [0.29, 0.717) is 19.1 Å². The van der Waals surface area contributed by atoms with Crippen LogP contribution in [0, 0.1) is 0 Å². The highest BCUT2D eigenvalue weighted by atomic mass is 79.9. The van der Waals surface area contributed by atoms with Crippen molar-refractivity contribution in [1.82, 2.24) is 0 Å². The van der Waals surface area contributed by atoms with E-state index in [1.807, 2.05) is 19.1 Å². The van der Waals surface area contributed by atoms with Crippen molar-refractivity contribution in [2.75, 3.05) is 13.2 Å². The molecule has 0 radical (unpaired) electrons. The van der Waals surface area contributed by atoms with Crippen molar-refractivity contribution < 1.29 is 4.74 Å². The van der Waals surface area contributed by atoms with Crippen LogP contribution in [0.2, 0.25) is 0 Å². The maximum Gasteiger partial charge on any atom is 0.134 e. The van der Waals surface area contributed by atoms with Gasteiger partial charge in [-0.25, -0.2) is 0 Å². The number of ether oxygens (including phenoxy) is 1. The zero-order chi connectivity index (χ0) is 12.8. The molecular weight excluding hydrogens is 278 g/mol. The molecule has 0 amide bonds. The average Bonchev–Trinajstić information content (AvgIpc) is 2.27.